The number of benzene rings is 1. The van der Waals surface area contributed by atoms with E-state index in [2.05, 4.69) is 20.3 Å². The summed E-state index contributed by atoms with van der Waals surface area (Å²) in [5.41, 5.74) is 2.91. The van der Waals surface area contributed by atoms with E-state index in [9.17, 15) is 4.79 Å². The number of nitrogens with zero attached hydrogens (tertiary/aromatic N) is 3. The van der Waals surface area contributed by atoms with Crippen molar-refractivity contribution in [2.75, 3.05) is 13.2 Å². The van der Waals surface area contributed by atoms with Gasteiger partial charge in [-0.15, -0.1) is 11.3 Å². The first-order chi connectivity index (χ1) is 15.0. The second kappa shape index (κ2) is 9.53. The van der Waals surface area contributed by atoms with Crippen LogP contribution in [0.3, 0.4) is 0 Å². The van der Waals surface area contributed by atoms with Crippen molar-refractivity contribution >= 4 is 17.2 Å². The molecule has 31 heavy (non-hydrogen) atoms. The van der Waals surface area contributed by atoms with E-state index in [0.29, 0.717) is 23.6 Å². The molecule has 1 N–H and O–H groups in total. The standard InChI is InChI=1S/C23H26N4O3S/c1-14-10-25-21(12-24-14)16(3)27-22(28)17-7-18(23-26-11-15(2)31-23)9-20(8-17)30-13-19-5-4-6-29-19/h7-12,16,19H,4-6,13H2,1-3H3,(H,27,28)/t16?,19-/m0/s1. The fraction of sp³-hybridized carbons (Fsp3) is 0.391. The third-order valence-electron chi connectivity index (χ3n) is 5.09. The second-order valence-electron chi connectivity index (χ2n) is 7.75. The van der Waals surface area contributed by atoms with Gasteiger partial charge in [-0.1, -0.05) is 0 Å². The van der Waals surface area contributed by atoms with E-state index in [1.54, 1.807) is 29.8 Å². The molecule has 1 aliphatic heterocycles. The number of amides is 1. The Labute approximate surface area is 185 Å². The largest absolute Gasteiger partial charge is 0.491 e. The Balaban J connectivity index is 1.56. The van der Waals surface area contributed by atoms with Gasteiger partial charge in [-0.3, -0.25) is 14.8 Å². The summed E-state index contributed by atoms with van der Waals surface area (Å²) in [5.74, 6) is 0.431. The summed E-state index contributed by atoms with van der Waals surface area (Å²) in [6.45, 7) is 7.03. The Hall–Kier alpha value is -2.84. The first-order valence-corrected chi connectivity index (χ1v) is 11.2. The van der Waals surface area contributed by atoms with Crippen molar-refractivity contribution in [2.24, 2.45) is 0 Å². The maximum atomic E-state index is 13.0. The maximum Gasteiger partial charge on any atom is 0.251 e. The topological polar surface area (TPSA) is 86.2 Å². The summed E-state index contributed by atoms with van der Waals surface area (Å²) in [4.78, 5) is 27.2. The third kappa shape index (κ3) is 5.45. The molecule has 1 amide bonds. The molecule has 4 rings (SSSR count). The van der Waals surface area contributed by atoms with Crippen LogP contribution in [0.5, 0.6) is 5.75 Å². The first-order valence-electron chi connectivity index (χ1n) is 10.4. The lowest BCUT2D eigenvalue weighted by Crippen LogP contribution is -2.27. The SMILES string of the molecule is Cc1cnc(C(C)NC(=O)c2cc(OC[C@@H]3CCCO3)cc(-c3ncc(C)s3)c2)cn1. The van der Waals surface area contributed by atoms with Crippen LogP contribution in [-0.2, 0) is 4.74 Å². The second-order valence-corrected chi connectivity index (χ2v) is 8.98. The van der Waals surface area contributed by atoms with Crippen molar-refractivity contribution in [2.45, 2.75) is 45.8 Å². The van der Waals surface area contributed by atoms with Gasteiger partial charge in [-0.2, -0.15) is 0 Å². The van der Waals surface area contributed by atoms with Crippen molar-refractivity contribution in [3.05, 3.63) is 58.6 Å². The summed E-state index contributed by atoms with van der Waals surface area (Å²) in [6.07, 6.45) is 7.36. The summed E-state index contributed by atoms with van der Waals surface area (Å²) in [5, 5.41) is 3.85. The van der Waals surface area contributed by atoms with Crippen molar-refractivity contribution in [1.82, 2.24) is 20.3 Å². The number of aryl methyl sites for hydroxylation is 2. The molecule has 3 heterocycles. The Morgan fingerprint density at radius 1 is 1.23 bits per heavy atom. The highest BCUT2D eigenvalue weighted by atomic mass is 32.1. The van der Waals surface area contributed by atoms with Crippen LogP contribution in [0, 0.1) is 13.8 Å². The van der Waals surface area contributed by atoms with Gasteiger partial charge < -0.3 is 14.8 Å². The van der Waals surface area contributed by atoms with Crippen molar-refractivity contribution in [3.63, 3.8) is 0 Å². The van der Waals surface area contributed by atoms with Crippen LogP contribution in [-0.4, -0.2) is 40.2 Å². The fourth-order valence-electron chi connectivity index (χ4n) is 3.37. The maximum absolute atomic E-state index is 13.0. The zero-order valence-corrected chi connectivity index (χ0v) is 18.7. The molecule has 8 heteroatoms. The number of nitrogens with one attached hydrogen (secondary N) is 1. The van der Waals surface area contributed by atoms with Crippen molar-refractivity contribution in [3.8, 4) is 16.3 Å². The summed E-state index contributed by atoms with van der Waals surface area (Å²) in [6, 6.07) is 5.27. The smallest absolute Gasteiger partial charge is 0.251 e. The van der Waals surface area contributed by atoms with E-state index in [-0.39, 0.29) is 18.1 Å². The number of hydrogen-bond acceptors (Lipinski definition) is 7. The van der Waals surface area contributed by atoms with Gasteiger partial charge in [-0.05, 0) is 51.8 Å². The van der Waals surface area contributed by atoms with Crippen LogP contribution in [0.1, 0.15) is 52.4 Å². The van der Waals surface area contributed by atoms with Gasteiger partial charge in [0.05, 0.1) is 29.7 Å². The molecule has 3 aromatic rings. The van der Waals surface area contributed by atoms with Crippen LogP contribution in [0.2, 0.25) is 0 Å². The summed E-state index contributed by atoms with van der Waals surface area (Å²) < 4.78 is 11.7. The van der Waals surface area contributed by atoms with Crippen molar-refractivity contribution in [1.29, 1.82) is 0 Å². The van der Waals surface area contributed by atoms with E-state index in [1.807, 2.05) is 39.1 Å². The molecule has 1 aromatic carbocycles. The van der Waals surface area contributed by atoms with Crippen LogP contribution >= 0.6 is 11.3 Å². The normalized spacial score (nSPS) is 16.8. The van der Waals surface area contributed by atoms with Crippen LogP contribution in [0.15, 0.2) is 36.8 Å². The number of rotatable bonds is 7. The molecule has 1 saturated heterocycles. The van der Waals surface area contributed by atoms with E-state index in [4.69, 9.17) is 9.47 Å². The van der Waals surface area contributed by atoms with Gasteiger partial charge in [0, 0.05) is 35.0 Å². The molecule has 0 radical (unpaired) electrons. The minimum Gasteiger partial charge on any atom is -0.491 e. The predicted molar refractivity (Wildman–Crippen MR) is 119 cm³/mol. The van der Waals surface area contributed by atoms with Gasteiger partial charge >= 0.3 is 0 Å². The molecule has 1 aliphatic rings. The number of ether oxygens (including phenoxy) is 2. The molecule has 162 valence electrons. The highest BCUT2D eigenvalue weighted by Crippen LogP contribution is 2.30. The molecule has 7 nitrogen and oxygen atoms in total. The number of aromatic nitrogens is 3. The molecule has 0 bridgehead atoms. The average Bonchev–Trinajstić information content (AvgIpc) is 3.44. The molecule has 1 unspecified atom stereocenters. The number of carbonyl (C=O) groups excluding carboxylic acids is 1. The molecule has 2 aromatic heterocycles. The van der Waals surface area contributed by atoms with E-state index in [1.165, 1.54) is 0 Å². The zero-order chi connectivity index (χ0) is 21.8. The predicted octanol–water partition coefficient (Wildman–Crippen LogP) is 4.27. The number of hydrogen-bond donors (Lipinski definition) is 1. The van der Waals surface area contributed by atoms with Gasteiger partial charge in [0.15, 0.2) is 0 Å². The Morgan fingerprint density at radius 2 is 2.10 bits per heavy atom. The van der Waals surface area contributed by atoms with E-state index >= 15 is 0 Å². The lowest BCUT2D eigenvalue weighted by Gasteiger charge is -2.16. The summed E-state index contributed by atoms with van der Waals surface area (Å²) >= 11 is 1.58. The molecular weight excluding hydrogens is 412 g/mol. The Kier molecular flexibility index (Phi) is 6.58. The number of thiazole rings is 1. The van der Waals surface area contributed by atoms with E-state index < -0.39 is 0 Å². The molecular formula is C23H26N4O3S. The Bertz CT molecular complexity index is 1050. The van der Waals surface area contributed by atoms with Crippen LogP contribution in [0.4, 0.5) is 0 Å². The van der Waals surface area contributed by atoms with Gasteiger partial charge in [0.1, 0.15) is 17.4 Å². The minimum atomic E-state index is -0.275. The molecule has 0 spiro atoms. The average molecular weight is 439 g/mol. The van der Waals surface area contributed by atoms with Crippen LogP contribution < -0.4 is 10.1 Å². The lowest BCUT2D eigenvalue weighted by molar-refractivity contribution is 0.0679. The molecule has 2 atom stereocenters. The quantitative estimate of drug-likeness (QED) is 0.593. The summed E-state index contributed by atoms with van der Waals surface area (Å²) in [7, 11) is 0. The highest BCUT2D eigenvalue weighted by molar-refractivity contribution is 7.14. The Morgan fingerprint density at radius 3 is 2.77 bits per heavy atom. The molecule has 1 fully saturated rings. The zero-order valence-electron chi connectivity index (χ0n) is 17.9. The van der Waals surface area contributed by atoms with Crippen molar-refractivity contribution < 1.29 is 14.3 Å². The first kappa shape index (κ1) is 21.4. The highest BCUT2D eigenvalue weighted by Gasteiger charge is 2.19. The molecule has 0 saturated carbocycles. The monoisotopic (exact) mass is 438 g/mol. The van der Waals surface area contributed by atoms with Gasteiger partial charge in [0.25, 0.3) is 5.91 Å². The fourth-order valence-corrected chi connectivity index (χ4v) is 4.12. The van der Waals surface area contributed by atoms with Crippen LogP contribution in [0.25, 0.3) is 10.6 Å². The van der Waals surface area contributed by atoms with Gasteiger partial charge in [0.2, 0.25) is 0 Å². The van der Waals surface area contributed by atoms with E-state index in [0.717, 1.165) is 40.6 Å². The lowest BCUT2D eigenvalue weighted by atomic mass is 10.1. The number of carbonyl (C=O) groups is 1. The van der Waals surface area contributed by atoms with Gasteiger partial charge in [-0.25, -0.2) is 4.98 Å². The minimum absolute atomic E-state index is 0.100. The molecule has 0 aliphatic carbocycles. The third-order valence-corrected chi connectivity index (χ3v) is 6.05.